The molecule has 0 fully saturated rings. The molecular formula is C54H52F6N11O6+. The Hall–Kier alpha value is -8.70. The molecule has 4 aromatic carbocycles. The van der Waals surface area contributed by atoms with Crippen LogP contribution in [0, 0.1) is 22.7 Å². The number of rotatable bonds is 16. The molecule has 0 saturated heterocycles. The summed E-state index contributed by atoms with van der Waals surface area (Å²) in [5.41, 5.74) is -0.587. The summed E-state index contributed by atoms with van der Waals surface area (Å²) < 4.78 is 84.1. The second-order valence-corrected chi connectivity index (χ2v) is 19.3. The summed E-state index contributed by atoms with van der Waals surface area (Å²) >= 11 is 0. The van der Waals surface area contributed by atoms with E-state index in [2.05, 4.69) is 10.6 Å². The monoisotopic (exact) mass is 1060 g/mol. The van der Waals surface area contributed by atoms with Gasteiger partial charge in [-0.3, -0.25) is 29.0 Å². The van der Waals surface area contributed by atoms with Gasteiger partial charge in [0, 0.05) is 13.1 Å². The molecule has 4 heterocycles. The highest BCUT2D eigenvalue weighted by Gasteiger charge is 2.51. The third-order valence-corrected chi connectivity index (χ3v) is 14.0. The van der Waals surface area contributed by atoms with Crippen molar-refractivity contribution in [3.8, 4) is 12.1 Å². The predicted octanol–water partition coefficient (Wildman–Crippen LogP) is 6.68. The fourth-order valence-corrected chi connectivity index (χ4v) is 9.92. The molecule has 4 aromatic rings. The molecule has 17 nitrogen and oxygen atoms in total. The number of nitrogens with one attached hydrogen (secondary N) is 2. The maximum atomic E-state index is 14.7. The van der Waals surface area contributed by atoms with Crippen molar-refractivity contribution in [1.29, 1.82) is 10.5 Å². The number of amides is 8. The Balaban J connectivity index is 0.971. The van der Waals surface area contributed by atoms with Gasteiger partial charge in [-0.25, -0.2) is 9.59 Å². The molecule has 0 aromatic heterocycles. The molecule has 77 heavy (non-hydrogen) atoms. The van der Waals surface area contributed by atoms with Crippen molar-refractivity contribution in [2.75, 3.05) is 89.3 Å². The van der Waals surface area contributed by atoms with E-state index in [1.807, 2.05) is 12.1 Å². The number of alkyl halides is 6. The number of hydrogen-bond acceptors (Lipinski definition) is 8. The van der Waals surface area contributed by atoms with E-state index in [-0.39, 0.29) is 102 Å². The SMILES string of the molecule is CCN1CC2=C(C1=O)[C@@H](c1ccc(C#N)cc1)N(CC(=O)NCC[N+](C)(C)CCNC(=O)CN1C(=O)N(c3cccc(C(F)(F)F)c3)C3=C(C(=O)N(CC)C3)[C@H]1c1ccc(C#N)cc1)C(=O)N2c1cccc(C(F)(F)F)c1. The van der Waals surface area contributed by atoms with Crippen LogP contribution >= 0.6 is 0 Å². The lowest BCUT2D eigenvalue weighted by Gasteiger charge is -2.41. The van der Waals surface area contributed by atoms with E-state index in [0.29, 0.717) is 11.1 Å². The van der Waals surface area contributed by atoms with Crippen molar-refractivity contribution in [3.63, 3.8) is 0 Å². The lowest BCUT2D eigenvalue weighted by atomic mass is 9.92. The molecule has 0 spiro atoms. The summed E-state index contributed by atoms with van der Waals surface area (Å²) in [6.45, 7) is 2.94. The normalized spacial score (nSPS) is 18.0. The average molecular weight is 1070 g/mol. The number of carbonyl (C=O) groups excluding carboxylic acids is 6. The topological polar surface area (TPSA) is 194 Å². The number of likely N-dealkylation sites (N-methyl/N-ethyl adjacent to an activating group) is 3. The van der Waals surface area contributed by atoms with E-state index in [9.17, 15) is 65.6 Å². The number of nitrogens with zero attached hydrogens (tertiary/aromatic N) is 9. The van der Waals surface area contributed by atoms with Crippen LogP contribution in [0.5, 0.6) is 0 Å². The molecular weight excluding hydrogens is 1010 g/mol. The van der Waals surface area contributed by atoms with Gasteiger partial charge in [0.2, 0.25) is 11.8 Å². The van der Waals surface area contributed by atoms with Gasteiger partial charge in [-0.1, -0.05) is 36.4 Å². The first-order valence-corrected chi connectivity index (χ1v) is 24.5. The Labute approximate surface area is 439 Å². The summed E-state index contributed by atoms with van der Waals surface area (Å²) in [5.74, 6) is -2.30. The van der Waals surface area contributed by atoms with Gasteiger partial charge >= 0.3 is 24.4 Å². The maximum absolute atomic E-state index is 14.7. The van der Waals surface area contributed by atoms with E-state index < -0.39 is 84.3 Å². The predicted molar refractivity (Wildman–Crippen MR) is 266 cm³/mol. The molecule has 4 aliphatic rings. The van der Waals surface area contributed by atoms with Crippen molar-refractivity contribution in [2.45, 2.75) is 38.3 Å². The Morgan fingerprint density at radius 1 is 0.597 bits per heavy atom. The first kappa shape index (κ1) is 54.6. The summed E-state index contributed by atoms with van der Waals surface area (Å²) in [7, 11) is 3.61. The summed E-state index contributed by atoms with van der Waals surface area (Å²) in [6, 6.07) is 20.3. The van der Waals surface area contributed by atoms with E-state index in [1.165, 1.54) is 46.2 Å². The van der Waals surface area contributed by atoms with E-state index >= 15 is 0 Å². The highest BCUT2D eigenvalue weighted by atomic mass is 19.4. The zero-order valence-corrected chi connectivity index (χ0v) is 42.2. The van der Waals surface area contributed by atoms with Crippen molar-refractivity contribution in [3.05, 3.63) is 153 Å². The second-order valence-electron chi connectivity index (χ2n) is 19.3. The van der Waals surface area contributed by atoms with Gasteiger partial charge in [0.15, 0.2) is 0 Å². The number of urea groups is 2. The zero-order valence-electron chi connectivity index (χ0n) is 42.2. The van der Waals surface area contributed by atoms with Crippen molar-refractivity contribution in [1.82, 2.24) is 30.2 Å². The Morgan fingerprint density at radius 3 is 1.29 bits per heavy atom. The van der Waals surface area contributed by atoms with E-state index in [1.54, 1.807) is 52.2 Å². The molecule has 400 valence electrons. The minimum absolute atomic E-state index is 0.0251. The number of anilines is 2. The van der Waals surface area contributed by atoms with Gasteiger partial charge in [0.05, 0.1) is 134 Å². The zero-order chi connectivity index (χ0) is 55.7. The fraction of sp³-hybridized carbons (Fsp3) is 0.333. The largest absolute Gasteiger partial charge is 0.416 e. The Morgan fingerprint density at radius 2 is 0.961 bits per heavy atom. The summed E-state index contributed by atoms with van der Waals surface area (Å²) in [4.78, 5) is 92.5. The summed E-state index contributed by atoms with van der Waals surface area (Å²) in [5, 5.41) is 24.6. The number of hydrogen-bond donors (Lipinski definition) is 2. The summed E-state index contributed by atoms with van der Waals surface area (Å²) in [6.07, 6.45) is -9.52. The number of halogens is 6. The molecule has 0 bridgehead atoms. The number of benzene rings is 4. The maximum Gasteiger partial charge on any atom is 0.416 e. The minimum atomic E-state index is -4.76. The van der Waals surface area contributed by atoms with Gasteiger partial charge < -0.3 is 34.7 Å². The first-order chi connectivity index (χ1) is 36.5. The van der Waals surface area contributed by atoms with Gasteiger partial charge in [-0.2, -0.15) is 36.9 Å². The fourth-order valence-electron chi connectivity index (χ4n) is 9.92. The molecule has 2 N–H and O–H groups in total. The molecule has 23 heteroatoms. The van der Waals surface area contributed by atoms with Gasteiger partial charge in [0.25, 0.3) is 11.8 Å². The molecule has 0 aliphatic carbocycles. The lowest BCUT2D eigenvalue weighted by molar-refractivity contribution is -0.887. The number of carbonyl (C=O) groups is 6. The van der Waals surface area contributed by atoms with Crippen LogP contribution in [0.25, 0.3) is 0 Å². The quantitative estimate of drug-likeness (QED) is 0.0917. The standard InChI is InChI=1S/C54H51F6N11O6/c1-5-65-29-41-45(49(65)74)47(35-17-13-33(27-61)14-18-35)67(51(76)69(41)39-11-7-9-37(25-39)53(55,56)57)31-43(72)63-21-23-71(3,4)24-22-64-44(73)32-68-48(36-19-15-34(28-62)16-20-36)46-42(30-66(6-2)50(46)75)70(52(68)77)40-12-8-10-38(26-40)54(58,59)60/h7-20,25-26,47-48H,5-6,21-24,29-32H2,1-4H3,(H-,63,64,72,73)/p+1/t47-,48-/m1/s1. The second kappa shape index (κ2) is 21.5. The van der Waals surface area contributed by atoms with Crippen molar-refractivity contribution < 1.29 is 59.6 Å². The molecule has 4 aliphatic heterocycles. The highest BCUT2D eigenvalue weighted by molar-refractivity contribution is 6.09. The van der Waals surface area contributed by atoms with Crippen LogP contribution in [0.4, 0.5) is 47.3 Å². The van der Waals surface area contributed by atoms with Crippen LogP contribution in [0.2, 0.25) is 0 Å². The lowest BCUT2D eigenvalue weighted by Crippen LogP contribution is -2.55. The van der Waals surface area contributed by atoms with E-state index in [4.69, 9.17) is 0 Å². The third-order valence-electron chi connectivity index (χ3n) is 14.0. The highest BCUT2D eigenvalue weighted by Crippen LogP contribution is 2.46. The molecule has 0 unspecified atom stereocenters. The Bertz CT molecular complexity index is 2970. The smallest absolute Gasteiger partial charge is 0.349 e. The van der Waals surface area contributed by atoms with Gasteiger partial charge in [0.1, 0.15) is 13.1 Å². The van der Waals surface area contributed by atoms with Crippen LogP contribution in [0.3, 0.4) is 0 Å². The van der Waals surface area contributed by atoms with Crippen LogP contribution in [-0.2, 0) is 31.5 Å². The minimum Gasteiger partial charge on any atom is -0.349 e. The Kier molecular flexibility index (Phi) is 15.2. The number of quaternary nitrogens is 1. The number of nitriles is 2. The van der Waals surface area contributed by atoms with Gasteiger partial charge in [-0.15, -0.1) is 0 Å². The van der Waals surface area contributed by atoms with Crippen LogP contribution in [0.1, 0.15) is 59.3 Å². The molecule has 0 saturated carbocycles. The van der Waals surface area contributed by atoms with Crippen LogP contribution < -0.4 is 20.4 Å². The molecule has 8 amide bonds. The molecule has 0 radical (unpaired) electrons. The van der Waals surface area contributed by atoms with Crippen molar-refractivity contribution >= 4 is 47.1 Å². The van der Waals surface area contributed by atoms with Crippen LogP contribution in [0.15, 0.2) is 120 Å². The molecule has 8 rings (SSSR count). The van der Waals surface area contributed by atoms with Crippen molar-refractivity contribution in [2.24, 2.45) is 0 Å². The van der Waals surface area contributed by atoms with Crippen LogP contribution in [-0.4, -0.2) is 139 Å². The third kappa shape index (κ3) is 11.0. The van der Waals surface area contributed by atoms with Gasteiger partial charge in [-0.05, 0) is 85.6 Å². The molecule has 2 atom stereocenters. The average Bonchev–Trinajstić information content (AvgIpc) is 3.92. The van der Waals surface area contributed by atoms with E-state index in [0.717, 1.165) is 56.0 Å². The first-order valence-electron chi connectivity index (χ1n) is 24.5.